The number of nitrogens with two attached hydrogens (primary N) is 1. The fourth-order valence-corrected chi connectivity index (χ4v) is 3.48. The summed E-state index contributed by atoms with van der Waals surface area (Å²) in [6, 6.07) is 5.77. The van der Waals surface area contributed by atoms with Crippen LogP contribution in [0.5, 0.6) is 0 Å². The number of sulfone groups is 1. The molecule has 0 amide bonds. The van der Waals surface area contributed by atoms with Crippen LogP contribution in [0.15, 0.2) is 71.2 Å². The van der Waals surface area contributed by atoms with Crippen molar-refractivity contribution in [1.29, 1.82) is 0 Å². The Morgan fingerprint density at radius 3 is 2.57 bits per heavy atom. The number of hydrogen-bond donors (Lipinski definition) is 2. The van der Waals surface area contributed by atoms with Gasteiger partial charge >= 0.3 is 6.18 Å². The third kappa shape index (κ3) is 6.45. The second-order valence-electron chi connectivity index (χ2n) is 7.08. The molecule has 0 saturated carbocycles. The second-order valence-corrected chi connectivity index (χ2v) is 9.51. The highest BCUT2D eigenvalue weighted by Gasteiger charge is 2.33. The molecule has 184 valence electrons. The van der Waals surface area contributed by atoms with E-state index in [9.17, 15) is 26.0 Å². The quantitative estimate of drug-likeness (QED) is 0.346. The standard InChI is InChI=1S/C21H17ClF4N6O2S/c1-12(30-14-3-4-18(23)17(22)8-14)29-11-16(13-7-15(10-28-9-13)35(2,33)34)20(27)32-6-5-19(31-32)21(24,25)26/h3-11,30H,1,27H2,2H3/b20-16-,29-11-. The summed E-state index contributed by atoms with van der Waals surface area (Å²) in [5.41, 5.74) is 5.41. The molecule has 0 bridgehead atoms. The van der Waals surface area contributed by atoms with Crippen LogP contribution in [-0.2, 0) is 16.0 Å². The van der Waals surface area contributed by atoms with Gasteiger partial charge in [0.15, 0.2) is 15.5 Å². The lowest BCUT2D eigenvalue weighted by Gasteiger charge is -2.11. The summed E-state index contributed by atoms with van der Waals surface area (Å²) >= 11 is 5.75. The molecule has 2 heterocycles. The maximum absolute atomic E-state index is 13.4. The number of benzene rings is 1. The molecular formula is C21H17ClF4N6O2S. The van der Waals surface area contributed by atoms with Gasteiger partial charge < -0.3 is 11.1 Å². The van der Waals surface area contributed by atoms with Crippen LogP contribution in [0.3, 0.4) is 0 Å². The fraction of sp³-hybridized carbons (Fsp3) is 0.0952. The molecule has 3 N–H and O–H groups in total. The Morgan fingerprint density at radius 2 is 1.97 bits per heavy atom. The molecule has 3 rings (SSSR count). The fourth-order valence-electron chi connectivity index (χ4n) is 2.71. The Balaban J connectivity index is 2.04. The van der Waals surface area contributed by atoms with Crippen LogP contribution in [-0.4, -0.2) is 35.7 Å². The molecular weight excluding hydrogens is 512 g/mol. The zero-order valence-corrected chi connectivity index (χ0v) is 19.5. The number of rotatable bonds is 7. The van der Waals surface area contributed by atoms with Crippen LogP contribution in [0.25, 0.3) is 11.4 Å². The highest BCUT2D eigenvalue weighted by atomic mass is 35.5. The number of anilines is 1. The minimum Gasteiger partial charge on any atom is -0.383 e. The first-order valence-electron chi connectivity index (χ1n) is 9.49. The maximum Gasteiger partial charge on any atom is 0.435 e. The molecule has 0 saturated heterocycles. The molecule has 0 radical (unpaired) electrons. The van der Waals surface area contributed by atoms with Crippen molar-refractivity contribution in [2.45, 2.75) is 11.1 Å². The van der Waals surface area contributed by atoms with Crippen LogP contribution < -0.4 is 11.1 Å². The number of aromatic nitrogens is 3. The van der Waals surface area contributed by atoms with Crippen LogP contribution >= 0.6 is 11.6 Å². The number of allylic oxidation sites excluding steroid dienone is 1. The number of hydrogen-bond acceptors (Lipinski definition) is 7. The van der Waals surface area contributed by atoms with E-state index in [1.807, 2.05) is 0 Å². The van der Waals surface area contributed by atoms with Gasteiger partial charge in [-0.2, -0.15) is 18.3 Å². The van der Waals surface area contributed by atoms with Crippen molar-refractivity contribution in [3.8, 4) is 0 Å². The van der Waals surface area contributed by atoms with Crippen molar-refractivity contribution in [3.63, 3.8) is 0 Å². The highest BCUT2D eigenvalue weighted by Crippen LogP contribution is 2.28. The van der Waals surface area contributed by atoms with E-state index in [-0.39, 0.29) is 32.7 Å². The van der Waals surface area contributed by atoms with Crippen LogP contribution in [0.1, 0.15) is 11.3 Å². The average molecular weight is 529 g/mol. The zero-order valence-electron chi connectivity index (χ0n) is 17.9. The van der Waals surface area contributed by atoms with Gasteiger partial charge in [-0.1, -0.05) is 18.2 Å². The van der Waals surface area contributed by atoms with Gasteiger partial charge in [-0.15, -0.1) is 0 Å². The largest absolute Gasteiger partial charge is 0.435 e. The van der Waals surface area contributed by atoms with Crippen LogP contribution in [0, 0.1) is 5.82 Å². The summed E-state index contributed by atoms with van der Waals surface area (Å²) in [6.07, 6.45) is 0.774. The van der Waals surface area contributed by atoms with Gasteiger partial charge in [-0.3, -0.25) is 4.98 Å². The van der Waals surface area contributed by atoms with Crippen molar-refractivity contribution >= 4 is 44.7 Å². The molecule has 0 spiro atoms. The van der Waals surface area contributed by atoms with Crippen molar-refractivity contribution in [1.82, 2.24) is 14.8 Å². The first-order valence-corrected chi connectivity index (χ1v) is 11.8. The molecule has 14 heteroatoms. The van der Waals surface area contributed by atoms with Gasteiger partial charge in [0.25, 0.3) is 0 Å². The van der Waals surface area contributed by atoms with Crippen LogP contribution in [0.2, 0.25) is 5.02 Å². The molecule has 0 aliphatic rings. The van der Waals surface area contributed by atoms with Crippen molar-refractivity contribution in [2.75, 3.05) is 11.6 Å². The number of alkyl halides is 3. The van der Waals surface area contributed by atoms with Gasteiger partial charge in [0.1, 0.15) is 17.5 Å². The third-order valence-corrected chi connectivity index (χ3v) is 5.78. The summed E-state index contributed by atoms with van der Waals surface area (Å²) in [4.78, 5) is 7.82. The molecule has 35 heavy (non-hydrogen) atoms. The average Bonchev–Trinajstić information content (AvgIpc) is 3.27. The maximum atomic E-state index is 13.4. The molecule has 3 aromatic rings. The molecule has 8 nitrogen and oxygen atoms in total. The van der Waals surface area contributed by atoms with E-state index in [4.69, 9.17) is 17.3 Å². The number of pyridine rings is 1. The van der Waals surface area contributed by atoms with Crippen LogP contribution in [0.4, 0.5) is 23.2 Å². The van der Waals surface area contributed by atoms with E-state index in [1.54, 1.807) is 0 Å². The molecule has 0 unspecified atom stereocenters. The molecule has 0 aliphatic carbocycles. The van der Waals surface area contributed by atoms with E-state index in [2.05, 4.69) is 27.0 Å². The predicted molar refractivity (Wildman–Crippen MR) is 125 cm³/mol. The Bertz CT molecular complexity index is 1450. The van der Waals surface area contributed by atoms with Gasteiger partial charge in [0.05, 0.1) is 9.92 Å². The zero-order chi connectivity index (χ0) is 26.0. The summed E-state index contributed by atoms with van der Waals surface area (Å²) < 4.78 is 77.0. The number of nitrogens with zero attached hydrogens (tertiary/aromatic N) is 4. The minimum absolute atomic E-state index is 0.0000805. The molecule has 1 aromatic carbocycles. The van der Waals surface area contributed by atoms with E-state index < -0.39 is 27.5 Å². The lowest BCUT2D eigenvalue weighted by atomic mass is 10.1. The smallest absolute Gasteiger partial charge is 0.383 e. The minimum atomic E-state index is -4.70. The van der Waals surface area contributed by atoms with Crippen molar-refractivity contribution in [2.24, 2.45) is 10.7 Å². The number of halogens is 5. The summed E-state index contributed by atoms with van der Waals surface area (Å²) in [5.74, 6) is -0.893. The van der Waals surface area contributed by atoms with E-state index in [0.717, 1.165) is 41.7 Å². The summed E-state index contributed by atoms with van der Waals surface area (Å²) in [7, 11) is -3.66. The second kappa shape index (κ2) is 9.88. The predicted octanol–water partition coefficient (Wildman–Crippen LogP) is 4.43. The van der Waals surface area contributed by atoms with Crippen molar-refractivity contribution in [3.05, 3.63) is 83.4 Å². The first-order chi connectivity index (χ1) is 16.3. The highest BCUT2D eigenvalue weighted by molar-refractivity contribution is 7.90. The molecule has 0 aliphatic heterocycles. The molecule has 2 aromatic heterocycles. The van der Waals surface area contributed by atoms with Gasteiger partial charge in [-0.05, 0) is 30.3 Å². The Morgan fingerprint density at radius 1 is 1.26 bits per heavy atom. The van der Waals surface area contributed by atoms with E-state index in [1.165, 1.54) is 24.4 Å². The monoisotopic (exact) mass is 528 g/mol. The van der Waals surface area contributed by atoms with Gasteiger partial charge in [0.2, 0.25) is 0 Å². The summed E-state index contributed by atoms with van der Waals surface area (Å²) in [5, 5.41) is 6.06. The normalized spacial score (nSPS) is 13.1. The molecule has 0 fully saturated rings. The Kier molecular flexibility index (Phi) is 7.31. The molecule has 0 atom stereocenters. The van der Waals surface area contributed by atoms with E-state index >= 15 is 0 Å². The number of aliphatic imine (C=N–C) groups is 1. The Hall–Kier alpha value is -3.71. The third-order valence-electron chi connectivity index (χ3n) is 4.41. The van der Waals surface area contributed by atoms with Gasteiger partial charge in [0, 0.05) is 47.9 Å². The topological polar surface area (TPSA) is 115 Å². The SMILES string of the molecule is C=C(/N=C\C(=C(/N)n1ccc(C(F)(F)F)n1)c1cncc(S(C)(=O)=O)c1)Nc1ccc(F)c(Cl)c1. The van der Waals surface area contributed by atoms with E-state index in [0.29, 0.717) is 5.69 Å². The summed E-state index contributed by atoms with van der Waals surface area (Å²) in [6.45, 7) is 3.70. The van der Waals surface area contributed by atoms with Crippen molar-refractivity contribution < 1.29 is 26.0 Å². The first kappa shape index (κ1) is 25.9. The lowest BCUT2D eigenvalue weighted by Crippen LogP contribution is -2.14. The number of nitrogens with one attached hydrogen (secondary N) is 1. The van der Waals surface area contributed by atoms with Gasteiger partial charge in [-0.25, -0.2) is 22.5 Å². The Labute approximate surface area is 202 Å². The lowest BCUT2D eigenvalue weighted by molar-refractivity contribution is -0.141.